The van der Waals surface area contributed by atoms with Crippen molar-refractivity contribution < 1.29 is 0 Å². The molecule has 0 aromatic carbocycles. The Kier molecular flexibility index (Phi) is 4.25. The molecule has 0 aliphatic heterocycles. The minimum atomic E-state index is 0.0688. The number of nitrogens with one attached hydrogen (secondary N) is 1. The molecule has 6 heteroatoms. The molecular formula is C11H13BrClN3S. The highest BCUT2D eigenvalue weighted by molar-refractivity contribution is 9.10. The van der Waals surface area contributed by atoms with Crippen LogP contribution >= 0.6 is 38.9 Å². The average molecular weight is 335 g/mol. The Bertz CT molecular complexity index is 509. The molecule has 2 aromatic rings. The van der Waals surface area contributed by atoms with Crippen molar-refractivity contribution in [1.82, 2.24) is 15.1 Å². The maximum atomic E-state index is 6.20. The van der Waals surface area contributed by atoms with Crippen molar-refractivity contribution in [2.24, 2.45) is 0 Å². The second-order valence-corrected chi connectivity index (χ2v) is 5.76. The third-order valence-corrected chi connectivity index (χ3v) is 4.64. The maximum Gasteiger partial charge on any atom is 0.0866 e. The van der Waals surface area contributed by atoms with Gasteiger partial charge in [-0.15, -0.1) is 11.3 Å². The van der Waals surface area contributed by atoms with E-state index in [2.05, 4.69) is 33.3 Å². The minimum absolute atomic E-state index is 0.0688. The summed E-state index contributed by atoms with van der Waals surface area (Å²) in [6.45, 7) is 2.91. The first-order chi connectivity index (χ1) is 8.19. The van der Waals surface area contributed by atoms with Crippen LogP contribution in [0.5, 0.6) is 0 Å². The number of hydrogen-bond donors (Lipinski definition) is 1. The summed E-state index contributed by atoms with van der Waals surface area (Å²) in [6.07, 6.45) is 1.82. The van der Waals surface area contributed by atoms with Crippen molar-refractivity contribution >= 4 is 38.9 Å². The fraction of sp³-hybridized carbons (Fsp3) is 0.364. The van der Waals surface area contributed by atoms with Crippen LogP contribution in [0.1, 0.15) is 23.5 Å². The fourth-order valence-corrected chi connectivity index (χ4v) is 3.62. The van der Waals surface area contributed by atoms with Gasteiger partial charge in [-0.25, -0.2) is 0 Å². The van der Waals surface area contributed by atoms with E-state index >= 15 is 0 Å². The summed E-state index contributed by atoms with van der Waals surface area (Å²) in [4.78, 5) is 1.12. The van der Waals surface area contributed by atoms with Gasteiger partial charge in [0.15, 0.2) is 0 Å². The van der Waals surface area contributed by atoms with E-state index in [0.717, 1.165) is 26.6 Å². The van der Waals surface area contributed by atoms with Crippen molar-refractivity contribution in [3.05, 3.63) is 37.7 Å². The van der Waals surface area contributed by atoms with Crippen LogP contribution in [0.25, 0.3) is 0 Å². The van der Waals surface area contributed by atoms with Gasteiger partial charge in [0.05, 0.1) is 27.4 Å². The molecule has 2 aromatic heterocycles. The maximum absolute atomic E-state index is 6.20. The number of aromatic nitrogens is 2. The predicted molar refractivity (Wildman–Crippen MR) is 75.8 cm³/mol. The van der Waals surface area contributed by atoms with Crippen LogP contribution in [-0.2, 0) is 6.54 Å². The highest BCUT2D eigenvalue weighted by atomic mass is 79.9. The van der Waals surface area contributed by atoms with Crippen molar-refractivity contribution in [3.8, 4) is 0 Å². The molecular weight excluding hydrogens is 322 g/mol. The molecule has 0 saturated carbocycles. The van der Waals surface area contributed by atoms with E-state index in [0.29, 0.717) is 0 Å². The van der Waals surface area contributed by atoms with E-state index in [-0.39, 0.29) is 6.04 Å². The second kappa shape index (κ2) is 5.52. The molecule has 0 aliphatic rings. The van der Waals surface area contributed by atoms with Gasteiger partial charge in [-0.1, -0.05) is 11.6 Å². The first-order valence-electron chi connectivity index (χ1n) is 5.30. The second-order valence-electron chi connectivity index (χ2n) is 3.55. The summed E-state index contributed by atoms with van der Waals surface area (Å²) in [5, 5.41) is 10.4. The van der Waals surface area contributed by atoms with Gasteiger partial charge in [0.25, 0.3) is 0 Å². The molecule has 0 aliphatic carbocycles. The quantitative estimate of drug-likeness (QED) is 0.924. The Labute approximate surface area is 118 Å². The van der Waals surface area contributed by atoms with Gasteiger partial charge < -0.3 is 5.32 Å². The van der Waals surface area contributed by atoms with E-state index in [4.69, 9.17) is 11.6 Å². The van der Waals surface area contributed by atoms with Gasteiger partial charge in [0, 0.05) is 11.4 Å². The zero-order valence-corrected chi connectivity index (χ0v) is 12.7. The summed E-state index contributed by atoms with van der Waals surface area (Å²) in [6, 6.07) is 1.99. The van der Waals surface area contributed by atoms with E-state index < -0.39 is 0 Å². The summed E-state index contributed by atoms with van der Waals surface area (Å²) in [5.41, 5.74) is 1.11. The third kappa shape index (κ3) is 2.42. The largest absolute Gasteiger partial charge is 0.307 e. The number of halogens is 2. The van der Waals surface area contributed by atoms with E-state index in [1.807, 2.05) is 29.4 Å². The minimum Gasteiger partial charge on any atom is -0.307 e. The molecule has 92 valence electrons. The molecule has 17 heavy (non-hydrogen) atoms. The predicted octanol–water partition coefficient (Wildman–Crippen LogP) is 3.69. The van der Waals surface area contributed by atoms with Crippen LogP contribution in [-0.4, -0.2) is 16.8 Å². The van der Waals surface area contributed by atoms with Crippen LogP contribution in [0, 0.1) is 0 Å². The van der Waals surface area contributed by atoms with E-state index in [1.165, 1.54) is 0 Å². The molecule has 2 rings (SSSR count). The molecule has 0 amide bonds. The van der Waals surface area contributed by atoms with Gasteiger partial charge in [-0.2, -0.15) is 5.10 Å². The first-order valence-corrected chi connectivity index (χ1v) is 7.35. The highest BCUT2D eigenvalue weighted by Crippen LogP contribution is 2.35. The lowest BCUT2D eigenvalue weighted by molar-refractivity contribution is 0.566. The zero-order chi connectivity index (χ0) is 12.4. The van der Waals surface area contributed by atoms with E-state index in [1.54, 1.807) is 11.3 Å². The van der Waals surface area contributed by atoms with Crippen molar-refractivity contribution in [2.75, 3.05) is 7.05 Å². The number of aryl methyl sites for hydroxylation is 1. The highest BCUT2D eigenvalue weighted by Gasteiger charge is 2.22. The molecule has 0 fully saturated rings. The van der Waals surface area contributed by atoms with Gasteiger partial charge in [-0.3, -0.25) is 4.68 Å². The van der Waals surface area contributed by atoms with Gasteiger partial charge in [0.1, 0.15) is 0 Å². The number of nitrogens with zero attached hydrogens (tertiary/aromatic N) is 2. The molecule has 0 spiro atoms. The van der Waals surface area contributed by atoms with Gasteiger partial charge in [-0.05, 0) is 41.3 Å². The lowest BCUT2D eigenvalue weighted by Gasteiger charge is -2.17. The Morgan fingerprint density at radius 3 is 2.94 bits per heavy atom. The smallest absolute Gasteiger partial charge is 0.0866 e. The number of thiophene rings is 1. The average Bonchev–Trinajstić information content (AvgIpc) is 2.89. The standard InChI is InChI=1S/C11H13BrClN3S/c1-3-16-10(7(12)6-15-16)9(14-2)11-8(13)4-5-17-11/h4-6,9,14H,3H2,1-2H3. The summed E-state index contributed by atoms with van der Waals surface area (Å²) in [7, 11) is 1.93. The van der Waals surface area contributed by atoms with Crippen LogP contribution in [0.4, 0.5) is 0 Å². The third-order valence-electron chi connectivity index (χ3n) is 2.60. The first kappa shape index (κ1) is 13.1. The zero-order valence-electron chi connectivity index (χ0n) is 9.58. The number of rotatable bonds is 4. The van der Waals surface area contributed by atoms with Crippen molar-refractivity contribution in [1.29, 1.82) is 0 Å². The van der Waals surface area contributed by atoms with Crippen LogP contribution in [0.2, 0.25) is 5.02 Å². The van der Waals surface area contributed by atoms with Crippen molar-refractivity contribution in [2.45, 2.75) is 19.5 Å². The summed E-state index contributed by atoms with van der Waals surface area (Å²) >= 11 is 11.4. The molecule has 0 saturated heterocycles. The Balaban J connectivity index is 2.49. The van der Waals surface area contributed by atoms with Crippen LogP contribution in [0.15, 0.2) is 22.1 Å². The molecule has 1 N–H and O–H groups in total. The normalized spacial score (nSPS) is 12.9. The lowest BCUT2D eigenvalue weighted by Crippen LogP contribution is -2.21. The van der Waals surface area contributed by atoms with E-state index in [9.17, 15) is 0 Å². The van der Waals surface area contributed by atoms with Gasteiger partial charge in [0.2, 0.25) is 0 Å². The molecule has 0 radical (unpaired) electrons. The fourth-order valence-electron chi connectivity index (χ4n) is 1.81. The monoisotopic (exact) mass is 333 g/mol. The van der Waals surface area contributed by atoms with Crippen molar-refractivity contribution in [3.63, 3.8) is 0 Å². The molecule has 1 unspecified atom stereocenters. The summed E-state index contributed by atoms with van der Waals surface area (Å²) in [5.74, 6) is 0. The molecule has 0 bridgehead atoms. The Morgan fingerprint density at radius 1 is 1.65 bits per heavy atom. The molecule has 2 heterocycles. The summed E-state index contributed by atoms with van der Waals surface area (Å²) < 4.78 is 2.98. The topological polar surface area (TPSA) is 29.9 Å². The Morgan fingerprint density at radius 2 is 2.41 bits per heavy atom. The van der Waals surface area contributed by atoms with Crippen LogP contribution in [0.3, 0.4) is 0 Å². The Hall–Kier alpha value is -0.360. The number of hydrogen-bond acceptors (Lipinski definition) is 3. The molecule has 3 nitrogen and oxygen atoms in total. The molecule has 1 atom stereocenters. The SMILES string of the molecule is CCn1ncc(Br)c1C(NC)c1sccc1Cl. The lowest BCUT2D eigenvalue weighted by atomic mass is 10.1. The van der Waals surface area contributed by atoms with Gasteiger partial charge >= 0.3 is 0 Å². The van der Waals surface area contributed by atoms with Crippen LogP contribution < -0.4 is 5.32 Å².